The normalized spacial score (nSPS) is 11.4. The van der Waals surface area contributed by atoms with Gasteiger partial charge in [0.05, 0.1) is 0 Å². The fourth-order valence-corrected chi connectivity index (χ4v) is 1.39. The summed E-state index contributed by atoms with van der Waals surface area (Å²) in [6.07, 6.45) is 0. The van der Waals surface area contributed by atoms with Gasteiger partial charge in [0.15, 0.2) is 0 Å². The molecular formula is C11H23NO2. The van der Waals surface area contributed by atoms with Crippen molar-refractivity contribution in [3.05, 3.63) is 0 Å². The second-order valence-electron chi connectivity index (χ2n) is 4.59. The molecule has 14 heavy (non-hydrogen) atoms. The van der Waals surface area contributed by atoms with Gasteiger partial charge >= 0.3 is 5.97 Å². The van der Waals surface area contributed by atoms with Crippen LogP contribution in [0.4, 0.5) is 0 Å². The third-order valence-corrected chi connectivity index (χ3v) is 1.70. The first-order chi connectivity index (χ1) is 6.41. The zero-order valence-electron chi connectivity index (χ0n) is 10.0. The van der Waals surface area contributed by atoms with E-state index in [0.29, 0.717) is 18.6 Å². The van der Waals surface area contributed by atoms with E-state index in [-0.39, 0.29) is 5.97 Å². The van der Waals surface area contributed by atoms with Crippen molar-refractivity contribution in [1.29, 1.82) is 0 Å². The number of nitrogens with zero attached hydrogens (tertiary/aromatic N) is 1. The second-order valence-corrected chi connectivity index (χ2v) is 4.59. The van der Waals surface area contributed by atoms with Crippen molar-refractivity contribution in [2.24, 2.45) is 11.8 Å². The van der Waals surface area contributed by atoms with Crippen LogP contribution in [0.2, 0.25) is 0 Å². The lowest BCUT2D eigenvalue weighted by atomic mass is 10.1. The topological polar surface area (TPSA) is 29.5 Å². The molecule has 0 unspecified atom stereocenters. The Kier molecular flexibility index (Phi) is 6.54. The van der Waals surface area contributed by atoms with Crippen LogP contribution in [-0.4, -0.2) is 30.7 Å². The molecule has 3 nitrogen and oxygen atoms in total. The maximum Gasteiger partial charge on any atom is 0.303 e. The van der Waals surface area contributed by atoms with E-state index >= 15 is 0 Å². The summed E-state index contributed by atoms with van der Waals surface area (Å²) in [5, 5.41) is 0. The third-order valence-electron chi connectivity index (χ3n) is 1.70. The van der Waals surface area contributed by atoms with Crippen LogP contribution in [0, 0.1) is 11.8 Å². The fourth-order valence-electron chi connectivity index (χ4n) is 1.39. The predicted molar refractivity (Wildman–Crippen MR) is 57.9 cm³/mol. The minimum Gasteiger partial charge on any atom is -0.450 e. The molecule has 0 saturated carbocycles. The lowest BCUT2D eigenvalue weighted by molar-refractivity contribution is -0.146. The Labute approximate surface area is 87.4 Å². The van der Waals surface area contributed by atoms with Crippen molar-refractivity contribution in [3.8, 4) is 0 Å². The molecule has 0 radical (unpaired) electrons. The molecule has 0 aliphatic heterocycles. The average molecular weight is 201 g/mol. The van der Waals surface area contributed by atoms with Gasteiger partial charge in [0, 0.05) is 20.0 Å². The summed E-state index contributed by atoms with van der Waals surface area (Å²) in [6.45, 7) is 12.5. The number of hydrogen-bond acceptors (Lipinski definition) is 3. The first-order valence-corrected chi connectivity index (χ1v) is 5.27. The number of carbonyl (C=O) groups is 1. The molecule has 0 aromatic rings. The highest BCUT2D eigenvalue weighted by molar-refractivity contribution is 5.65. The Balaban J connectivity index is 3.90. The summed E-state index contributed by atoms with van der Waals surface area (Å²) in [4.78, 5) is 12.8. The maximum atomic E-state index is 10.7. The van der Waals surface area contributed by atoms with Gasteiger partial charge < -0.3 is 4.74 Å². The molecule has 0 heterocycles. The highest BCUT2D eigenvalue weighted by Gasteiger charge is 2.10. The van der Waals surface area contributed by atoms with Crippen molar-refractivity contribution in [3.63, 3.8) is 0 Å². The van der Waals surface area contributed by atoms with Crippen molar-refractivity contribution < 1.29 is 9.53 Å². The zero-order valence-corrected chi connectivity index (χ0v) is 10.0. The first-order valence-electron chi connectivity index (χ1n) is 5.27. The van der Waals surface area contributed by atoms with Gasteiger partial charge in [0.2, 0.25) is 0 Å². The van der Waals surface area contributed by atoms with Gasteiger partial charge in [-0.3, -0.25) is 9.69 Å². The Bertz CT molecular complexity index is 157. The lowest BCUT2D eigenvalue weighted by Gasteiger charge is -2.25. The maximum absolute atomic E-state index is 10.7. The molecule has 0 aliphatic rings. The summed E-state index contributed by atoms with van der Waals surface area (Å²) in [6, 6.07) is 0. The van der Waals surface area contributed by atoms with Crippen molar-refractivity contribution in [2.75, 3.05) is 19.8 Å². The van der Waals surface area contributed by atoms with Crippen LogP contribution in [0.1, 0.15) is 34.6 Å². The van der Waals surface area contributed by atoms with Gasteiger partial charge in [-0.05, 0) is 11.8 Å². The van der Waals surface area contributed by atoms with E-state index in [0.717, 1.165) is 13.1 Å². The van der Waals surface area contributed by atoms with E-state index in [1.54, 1.807) is 0 Å². The first kappa shape index (κ1) is 13.4. The van der Waals surface area contributed by atoms with E-state index in [2.05, 4.69) is 32.6 Å². The van der Waals surface area contributed by atoms with Gasteiger partial charge in [-0.1, -0.05) is 27.7 Å². The summed E-state index contributed by atoms with van der Waals surface area (Å²) in [5.74, 6) is 0.996. The number of hydrogen-bond donors (Lipinski definition) is 0. The average Bonchev–Trinajstić information content (AvgIpc) is 1.97. The monoisotopic (exact) mass is 201 g/mol. The fraction of sp³-hybridized carbons (Fsp3) is 0.909. The lowest BCUT2D eigenvalue weighted by Crippen LogP contribution is -2.34. The molecular weight excluding hydrogens is 178 g/mol. The summed E-state index contributed by atoms with van der Waals surface area (Å²) >= 11 is 0. The predicted octanol–water partition coefficient (Wildman–Crippen LogP) is 2.12. The molecule has 3 heteroatoms. The van der Waals surface area contributed by atoms with Crippen molar-refractivity contribution in [1.82, 2.24) is 4.90 Å². The molecule has 0 amide bonds. The van der Waals surface area contributed by atoms with Gasteiger partial charge in [-0.2, -0.15) is 0 Å². The molecule has 0 atom stereocenters. The van der Waals surface area contributed by atoms with Crippen molar-refractivity contribution in [2.45, 2.75) is 34.6 Å². The highest BCUT2D eigenvalue weighted by atomic mass is 16.5. The van der Waals surface area contributed by atoms with E-state index in [1.165, 1.54) is 6.92 Å². The molecule has 0 N–H and O–H groups in total. The molecule has 84 valence electrons. The van der Waals surface area contributed by atoms with Crippen molar-refractivity contribution >= 4 is 5.97 Å². The molecule has 0 fully saturated rings. The van der Waals surface area contributed by atoms with Crippen LogP contribution in [0.5, 0.6) is 0 Å². The molecule has 0 bridgehead atoms. The highest BCUT2D eigenvalue weighted by Crippen LogP contribution is 2.03. The largest absolute Gasteiger partial charge is 0.450 e. The van der Waals surface area contributed by atoms with Crippen LogP contribution in [0.3, 0.4) is 0 Å². The molecule has 0 aromatic heterocycles. The van der Waals surface area contributed by atoms with Gasteiger partial charge in [-0.25, -0.2) is 0 Å². The van der Waals surface area contributed by atoms with Crippen LogP contribution in [-0.2, 0) is 9.53 Å². The smallest absolute Gasteiger partial charge is 0.303 e. The Morgan fingerprint density at radius 2 is 1.57 bits per heavy atom. The summed E-state index contributed by atoms with van der Waals surface area (Å²) in [7, 11) is 0. The Hall–Kier alpha value is -0.570. The van der Waals surface area contributed by atoms with E-state index in [1.807, 2.05) is 0 Å². The number of carbonyl (C=O) groups excluding carboxylic acids is 1. The van der Waals surface area contributed by atoms with Crippen LogP contribution in [0.25, 0.3) is 0 Å². The summed E-state index contributed by atoms with van der Waals surface area (Å²) in [5.41, 5.74) is 0. The number of esters is 1. The SMILES string of the molecule is CC(=O)OCN(CC(C)C)CC(C)C. The zero-order chi connectivity index (χ0) is 11.1. The Morgan fingerprint density at radius 1 is 1.14 bits per heavy atom. The minimum atomic E-state index is -0.206. The quantitative estimate of drug-likeness (QED) is 0.487. The molecule has 0 spiro atoms. The molecule has 0 aliphatic carbocycles. The minimum absolute atomic E-state index is 0.206. The Morgan fingerprint density at radius 3 is 1.86 bits per heavy atom. The number of rotatable bonds is 6. The summed E-state index contributed by atoms with van der Waals surface area (Å²) < 4.78 is 4.99. The van der Waals surface area contributed by atoms with Gasteiger partial charge in [0.25, 0.3) is 0 Å². The van der Waals surface area contributed by atoms with E-state index in [4.69, 9.17) is 4.74 Å². The van der Waals surface area contributed by atoms with Gasteiger partial charge in [0.1, 0.15) is 6.73 Å². The second kappa shape index (κ2) is 6.82. The molecule has 0 aromatic carbocycles. The third kappa shape index (κ3) is 8.05. The number of ether oxygens (including phenoxy) is 1. The standard InChI is InChI=1S/C11H23NO2/c1-9(2)6-12(7-10(3)4)8-14-11(5)13/h9-10H,6-8H2,1-5H3. The van der Waals surface area contributed by atoms with Crippen LogP contribution >= 0.6 is 0 Å². The van der Waals surface area contributed by atoms with Gasteiger partial charge in [-0.15, -0.1) is 0 Å². The van der Waals surface area contributed by atoms with E-state index in [9.17, 15) is 4.79 Å². The van der Waals surface area contributed by atoms with Crippen LogP contribution in [0.15, 0.2) is 0 Å². The van der Waals surface area contributed by atoms with E-state index < -0.39 is 0 Å². The molecule has 0 saturated heterocycles. The molecule has 0 rings (SSSR count). The van der Waals surface area contributed by atoms with Crippen LogP contribution < -0.4 is 0 Å².